The van der Waals surface area contributed by atoms with Crippen molar-refractivity contribution in [1.29, 1.82) is 0 Å². The molecule has 2 rings (SSSR count). The number of rotatable bonds is 3. The minimum atomic E-state index is -0.571. The van der Waals surface area contributed by atoms with Crippen molar-refractivity contribution in [3.63, 3.8) is 0 Å². The van der Waals surface area contributed by atoms with E-state index >= 15 is 0 Å². The Morgan fingerprint density at radius 1 is 1.30 bits per heavy atom. The molecule has 1 saturated heterocycles. The van der Waals surface area contributed by atoms with Gasteiger partial charge in [0, 0.05) is 6.54 Å². The van der Waals surface area contributed by atoms with Crippen LogP contribution in [-0.2, 0) is 9.53 Å². The molecule has 0 saturated carbocycles. The first-order valence-electron chi connectivity index (χ1n) is 8.13. The number of hydrogen-bond acceptors (Lipinski definition) is 3. The minimum Gasteiger partial charge on any atom is -0.444 e. The molecule has 0 spiro atoms. The zero-order valence-corrected chi connectivity index (χ0v) is 14.3. The molecule has 0 aromatic heterocycles. The lowest BCUT2D eigenvalue weighted by molar-refractivity contribution is -0.138. The summed E-state index contributed by atoms with van der Waals surface area (Å²) in [6, 6.07) is 9.41. The molecule has 0 bridgehead atoms. The van der Waals surface area contributed by atoms with Crippen LogP contribution in [0, 0.1) is 0 Å². The summed E-state index contributed by atoms with van der Waals surface area (Å²) in [5.41, 5.74) is 0.525. The zero-order valence-electron chi connectivity index (χ0n) is 14.3. The average Bonchev–Trinajstić information content (AvgIpc) is 2.48. The molecular formula is C18H26N2O3. The van der Waals surface area contributed by atoms with Crippen LogP contribution in [0.2, 0.25) is 0 Å². The standard InChI is InChI=1S/C18H26N2O3/c1-13(14-9-6-5-7-10-14)20-12-8-11-15(16(20)21)19-17(22)23-18(2,3)4/h5-7,9-10,13,15H,8,11-12H2,1-4H3,(H,19,22). The lowest BCUT2D eigenvalue weighted by Crippen LogP contribution is -2.53. The van der Waals surface area contributed by atoms with Gasteiger partial charge in [-0.1, -0.05) is 30.3 Å². The Kier molecular flexibility index (Phi) is 5.29. The highest BCUT2D eigenvalue weighted by molar-refractivity contribution is 5.86. The van der Waals surface area contributed by atoms with Crippen LogP contribution in [0.15, 0.2) is 30.3 Å². The first kappa shape index (κ1) is 17.3. The lowest BCUT2D eigenvalue weighted by Gasteiger charge is -2.37. The van der Waals surface area contributed by atoms with E-state index in [0.29, 0.717) is 13.0 Å². The molecule has 2 atom stereocenters. The van der Waals surface area contributed by atoms with Crippen molar-refractivity contribution in [3.05, 3.63) is 35.9 Å². The third-order valence-corrected chi connectivity index (χ3v) is 3.91. The van der Waals surface area contributed by atoms with Crippen molar-refractivity contribution in [1.82, 2.24) is 10.2 Å². The predicted octanol–water partition coefficient (Wildman–Crippen LogP) is 3.26. The normalized spacial score (nSPS) is 20.1. The maximum Gasteiger partial charge on any atom is 0.408 e. The molecule has 1 aliphatic rings. The molecule has 1 aromatic rings. The predicted molar refractivity (Wildman–Crippen MR) is 89.0 cm³/mol. The first-order valence-corrected chi connectivity index (χ1v) is 8.13. The Hall–Kier alpha value is -2.04. The number of nitrogens with zero attached hydrogens (tertiary/aromatic N) is 1. The topological polar surface area (TPSA) is 58.6 Å². The number of carbonyl (C=O) groups is 2. The van der Waals surface area contributed by atoms with Gasteiger partial charge in [0.25, 0.3) is 0 Å². The van der Waals surface area contributed by atoms with Crippen molar-refractivity contribution in [3.8, 4) is 0 Å². The van der Waals surface area contributed by atoms with Crippen LogP contribution in [-0.4, -0.2) is 35.1 Å². The van der Waals surface area contributed by atoms with E-state index in [4.69, 9.17) is 4.74 Å². The highest BCUT2D eigenvalue weighted by Crippen LogP contribution is 2.25. The van der Waals surface area contributed by atoms with Gasteiger partial charge in [-0.25, -0.2) is 4.79 Å². The molecule has 2 amide bonds. The monoisotopic (exact) mass is 318 g/mol. The minimum absolute atomic E-state index is 0.00747. The molecule has 5 nitrogen and oxygen atoms in total. The molecule has 126 valence electrons. The third-order valence-electron chi connectivity index (χ3n) is 3.91. The van der Waals surface area contributed by atoms with E-state index in [1.807, 2.05) is 42.2 Å². The quantitative estimate of drug-likeness (QED) is 0.930. The summed E-state index contributed by atoms with van der Waals surface area (Å²) in [5, 5.41) is 2.71. The third kappa shape index (κ3) is 4.71. The zero-order chi connectivity index (χ0) is 17.0. The van der Waals surface area contributed by atoms with E-state index in [1.54, 1.807) is 20.8 Å². The second-order valence-corrected chi connectivity index (χ2v) is 6.96. The van der Waals surface area contributed by atoms with Crippen LogP contribution in [0.1, 0.15) is 52.1 Å². The average molecular weight is 318 g/mol. The van der Waals surface area contributed by atoms with E-state index in [-0.39, 0.29) is 11.9 Å². The molecule has 1 aliphatic heterocycles. The second-order valence-electron chi connectivity index (χ2n) is 6.96. The molecule has 2 unspecified atom stereocenters. The lowest BCUT2D eigenvalue weighted by atomic mass is 10.00. The summed E-state index contributed by atoms with van der Waals surface area (Å²) < 4.78 is 5.25. The fourth-order valence-corrected chi connectivity index (χ4v) is 2.78. The second kappa shape index (κ2) is 7.02. The Balaban J connectivity index is 2.02. The number of amides is 2. The van der Waals surface area contributed by atoms with E-state index in [1.165, 1.54) is 0 Å². The number of alkyl carbamates (subject to hydrolysis) is 1. The SMILES string of the molecule is CC(c1ccccc1)N1CCCC(NC(=O)OC(C)(C)C)C1=O. The van der Waals surface area contributed by atoms with Gasteiger partial charge in [0.2, 0.25) is 5.91 Å². The number of nitrogens with one attached hydrogen (secondary N) is 1. The van der Waals surface area contributed by atoms with E-state index in [2.05, 4.69) is 5.32 Å². The molecule has 1 fully saturated rings. The van der Waals surface area contributed by atoms with E-state index < -0.39 is 17.7 Å². The van der Waals surface area contributed by atoms with Crippen LogP contribution in [0.25, 0.3) is 0 Å². The number of benzene rings is 1. The molecule has 0 aliphatic carbocycles. The van der Waals surface area contributed by atoms with Gasteiger partial charge in [-0.3, -0.25) is 4.79 Å². The van der Waals surface area contributed by atoms with Gasteiger partial charge in [0.05, 0.1) is 6.04 Å². The summed E-state index contributed by atoms with van der Waals surface area (Å²) in [5.74, 6) is -0.0431. The molecule has 1 N–H and O–H groups in total. The van der Waals surface area contributed by atoms with Crippen molar-refractivity contribution in [2.24, 2.45) is 0 Å². The summed E-state index contributed by atoms with van der Waals surface area (Å²) in [7, 11) is 0. The number of carbonyl (C=O) groups excluding carboxylic acids is 2. The van der Waals surface area contributed by atoms with Gasteiger partial charge in [0.1, 0.15) is 11.6 Å². The number of piperidine rings is 1. The Labute approximate surface area is 138 Å². The van der Waals surface area contributed by atoms with Crippen molar-refractivity contribution in [2.45, 2.75) is 58.2 Å². The van der Waals surface area contributed by atoms with Gasteiger partial charge < -0.3 is 15.0 Å². The molecule has 1 heterocycles. The summed E-state index contributed by atoms with van der Waals surface area (Å²) in [6.45, 7) is 8.14. The van der Waals surface area contributed by atoms with Gasteiger partial charge in [0.15, 0.2) is 0 Å². The van der Waals surface area contributed by atoms with Crippen molar-refractivity contribution >= 4 is 12.0 Å². The van der Waals surface area contributed by atoms with Gasteiger partial charge >= 0.3 is 6.09 Å². The molecule has 5 heteroatoms. The van der Waals surface area contributed by atoms with Gasteiger partial charge in [-0.15, -0.1) is 0 Å². The Morgan fingerprint density at radius 3 is 2.57 bits per heavy atom. The summed E-state index contributed by atoms with van der Waals surface area (Å²) in [4.78, 5) is 26.4. The smallest absolute Gasteiger partial charge is 0.408 e. The largest absolute Gasteiger partial charge is 0.444 e. The molecule has 1 aromatic carbocycles. The highest BCUT2D eigenvalue weighted by atomic mass is 16.6. The first-order chi connectivity index (χ1) is 10.8. The molecule has 0 radical (unpaired) electrons. The summed E-state index contributed by atoms with van der Waals surface area (Å²) >= 11 is 0. The van der Waals surface area contributed by atoms with Crippen LogP contribution in [0.4, 0.5) is 4.79 Å². The van der Waals surface area contributed by atoms with Crippen molar-refractivity contribution in [2.75, 3.05) is 6.54 Å². The Morgan fingerprint density at radius 2 is 1.96 bits per heavy atom. The van der Waals surface area contributed by atoms with E-state index in [0.717, 1.165) is 12.0 Å². The molecule has 23 heavy (non-hydrogen) atoms. The van der Waals surface area contributed by atoms with Crippen LogP contribution >= 0.6 is 0 Å². The maximum absolute atomic E-state index is 12.7. The fourth-order valence-electron chi connectivity index (χ4n) is 2.78. The fraction of sp³-hybridized carbons (Fsp3) is 0.556. The van der Waals surface area contributed by atoms with Crippen LogP contribution in [0.3, 0.4) is 0 Å². The molecular weight excluding hydrogens is 292 g/mol. The number of ether oxygens (including phenoxy) is 1. The van der Waals surface area contributed by atoms with Gasteiger partial charge in [-0.05, 0) is 46.1 Å². The van der Waals surface area contributed by atoms with Crippen LogP contribution < -0.4 is 5.32 Å². The summed E-state index contributed by atoms with van der Waals surface area (Å²) in [6.07, 6.45) is 0.976. The van der Waals surface area contributed by atoms with E-state index in [9.17, 15) is 9.59 Å². The maximum atomic E-state index is 12.7. The van der Waals surface area contributed by atoms with Crippen molar-refractivity contribution < 1.29 is 14.3 Å². The highest BCUT2D eigenvalue weighted by Gasteiger charge is 2.33. The number of likely N-dealkylation sites (tertiary alicyclic amines) is 1. The van der Waals surface area contributed by atoms with Gasteiger partial charge in [-0.2, -0.15) is 0 Å². The number of hydrogen-bond donors (Lipinski definition) is 1. The van der Waals surface area contributed by atoms with Crippen LogP contribution in [0.5, 0.6) is 0 Å². The Bertz CT molecular complexity index is 551.